The molecule has 0 spiro atoms. The molecule has 35 heavy (non-hydrogen) atoms. The molecular formula is C33H56O2. The van der Waals surface area contributed by atoms with Gasteiger partial charge < -0.3 is 4.74 Å². The van der Waals surface area contributed by atoms with Gasteiger partial charge in [0.15, 0.2) is 0 Å². The van der Waals surface area contributed by atoms with E-state index >= 15 is 0 Å². The van der Waals surface area contributed by atoms with Crippen molar-refractivity contribution in [3.8, 4) is 0 Å². The largest absolute Gasteiger partial charge is 0.462 e. The Hall–Kier alpha value is -0.790. The van der Waals surface area contributed by atoms with Gasteiger partial charge in [0.2, 0.25) is 0 Å². The van der Waals surface area contributed by atoms with Crippen LogP contribution in [0.15, 0.2) is 11.6 Å². The van der Waals surface area contributed by atoms with Crippen LogP contribution in [-0.2, 0) is 9.53 Å². The Kier molecular flexibility index (Phi) is 8.80. The first-order valence-corrected chi connectivity index (χ1v) is 15.6. The molecule has 0 radical (unpaired) electrons. The van der Waals surface area contributed by atoms with Gasteiger partial charge in [0, 0.05) is 12.8 Å². The van der Waals surface area contributed by atoms with Gasteiger partial charge in [0.1, 0.15) is 6.10 Å². The molecule has 0 N–H and O–H groups in total. The molecule has 4 aliphatic carbocycles. The van der Waals surface area contributed by atoms with E-state index in [1.54, 1.807) is 5.57 Å². The van der Waals surface area contributed by atoms with E-state index in [-0.39, 0.29) is 12.1 Å². The summed E-state index contributed by atoms with van der Waals surface area (Å²) in [6.45, 7) is 14.8. The zero-order valence-corrected chi connectivity index (χ0v) is 24.0. The number of carbonyl (C=O) groups excluding carboxylic acids is 1. The monoisotopic (exact) mass is 484 g/mol. The predicted octanol–water partition coefficient (Wildman–Crippen LogP) is 9.52. The Morgan fingerprint density at radius 1 is 1.00 bits per heavy atom. The summed E-state index contributed by atoms with van der Waals surface area (Å²) in [7, 11) is 0. The van der Waals surface area contributed by atoms with Crippen LogP contribution in [0, 0.1) is 46.3 Å². The van der Waals surface area contributed by atoms with Gasteiger partial charge in [0.05, 0.1) is 0 Å². The highest BCUT2D eigenvalue weighted by atomic mass is 16.5. The summed E-state index contributed by atoms with van der Waals surface area (Å²) in [5, 5.41) is 0. The lowest BCUT2D eigenvalue weighted by Crippen LogP contribution is -2.51. The average Bonchev–Trinajstić information content (AvgIpc) is 3.16. The van der Waals surface area contributed by atoms with Gasteiger partial charge in [-0.25, -0.2) is 0 Å². The number of ether oxygens (including phenoxy) is 1. The third-order valence-electron chi connectivity index (χ3n) is 11.5. The topological polar surface area (TPSA) is 26.3 Å². The first-order valence-electron chi connectivity index (χ1n) is 15.6. The molecule has 0 saturated heterocycles. The maximum absolute atomic E-state index is 12.4. The Morgan fingerprint density at radius 3 is 2.54 bits per heavy atom. The normalized spacial score (nSPS) is 39.4. The molecule has 0 aliphatic heterocycles. The van der Waals surface area contributed by atoms with E-state index in [0.29, 0.717) is 17.3 Å². The van der Waals surface area contributed by atoms with E-state index in [0.717, 1.165) is 67.6 Å². The summed E-state index contributed by atoms with van der Waals surface area (Å²) in [4.78, 5) is 12.4. The molecule has 0 aromatic carbocycles. The minimum absolute atomic E-state index is 0.0364. The molecule has 4 rings (SSSR count). The van der Waals surface area contributed by atoms with Gasteiger partial charge in [-0.1, -0.05) is 85.3 Å². The SMILES string of the molecule is CCCCCC(=O)O[C@H]1CC[C@@]2(C)C(=CC[C@H]3[C@@H]4CC[C@H]([C@@H](C)CCCC(C)C)[C@@]4(C)CC[C@@H]32)C1. The molecule has 0 amide bonds. The molecule has 2 heteroatoms. The van der Waals surface area contributed by atoms with E-state index in [1.165, 1.54) is 57.8 Å². The van der Waals surface area contributed by atoms with Crippen molar-refractivity contribution in [2.45, 2.75) is 144 Å². The summed E-state index contributed by atoms with van der Waals surface area (Å²) in [6, 6.07) is 0. The van der Waals surface area contributed by atoms with E-state index in [4.69, 9.17) is 4.74 Å². The fourth-order valence-corrected chi connectivity index (χ4v) is 9.52. The van der Waals surface area contributed by atoms with Crippen LogP contribution >= 0.6 is 0 Å². The van der Waals surface area contributed by atoms with Crippen molar-refractivity contribution >= 4 is 5.97 Å². The van der Waals surface area contributed by atoms with Crippen LogP contribution in [0.4, 0.5) is 0 Å². The van der Waals surface area contributed by atoms with Gasteiger partial charge in [-0.05, 0) is 97.7 Å². The van der Waals surface area contributed by atoms with Gasteiger partial charge in [-0.15, -0.1) is 0 Å². The van der Waals surface area contributed by atoms with Crippen molar-refractivity contribution in [1.82, 2.24) is 0 Å². The number of rotatable bonds is 10. The fourth-order valence-electron chi connectivity index (χ4n) is 9.52. The average molecular weight is 485 g/mol. The summed E-state index contributed by atoms with van der Waals surface area (Å²) < 4.78 is 5.96. The molecule has 4 aliphatic rings. The lowest BCUT2D eigenvalue weighted by molar-refractivity contribution is -0.151. The minimum atomic E-state index is 0.0364. The van der Waals surface area contributed by atoms with Crippen LogP contribution in [0.25, 0.3) is 0 Å². The molecule has 0 heterocycles. The minimum Gasteiger partial charge on any atom is -0.462 e. The van der Waals surface area contributed by atoms with Crippen LogP contribution < -0.4 is 0 Å². The van der Waals surface area contributed by atoms with Crippen molar-refractivity contribution in [2.75, 3.05) is 0 Å². The van der Waals surface area contributed by atoms with Crippen molar-refractivity contribution in [3.05, 3.63) is 11.6 Å². The summed E-state index contributed by atoms with van der Waals surface area (Å²) in [6.07, 6.45) is 21.2. The molecule has 0 aromatic rings. The predicted molar refractivity (Wildman–Crippen MR) is 147 cm³/mol. The number of carbonyl (C=O) groups is 1. The van der Waals surface area contributed by atoms with Crippen LogP contribution in [0.3, 0.4) is 0 Å². The van der Waals surface area contributed by atoms with Crippen LogP contribution in [0.5, 0.6) is 0 Å². The number of hydrogen-bond acceptors (Lipinski definition) is 2. The third kappa shape index (κ3) is 5.57. The van der Waals surface area contributed by atoms with E-state index < -0.39 is 0 Å². The highest BCUT2D eigenvalue weighted by molar-refractivity contribution is 5.69. The van der Waals surface area contributed by atoms with Crippen molar-refractivity contribution in [1.29, 1.82) is 0 Å². The number of unbranched alkanes of at least 4 members (excludes halogenated alkanes) is 2. The van der Waals surface area contributed by atoms with Crippen molar-refractivity contribution < 1.29 is 9.53 Å². The zero-order chi connectivity index (χ0) is 25.2. The van der Waals surface area contributed by atoms with Crippen LogP contribution in [-0.4, -0.2) is 12.1 Å². The Balaban J connectivity index is 1.39. The fraction of sp³-hybridized carbons (Fsp3) is 0.909. The summed E-state index contributed by atoms with van der Waals surface area (Å²) >= 11 is 0. The molecule has 0 bridgehead atoms. The number of esters is 1. The molecule has 8 atom stereocenters. The highest BCUT2D eigenvalue weighted by Crippen LogP contribution is 2.67. The smallest absolute Gasteiger partial charge is 0.306 e. The van der Waals surface area contributed by atoms with E-state index in [2.05, 4.69) is 47.6 Å². The Morgan fingerprint density at radius 2 is 1.80 bits per heavy atom. The van der Waals surface area contributed by atoms with Gasteiger partial charge >= 0.3 is 5.97 Å². The molecular weight excluding hydrogens is 428 g/mol. The third-order valence-corrected chi connectivity index (χ3v) is 11.5. The van der Waals surface area contributed by atoms with Gasteiger partial charge in [-0.2, -0.15) is 0 Å². The molecule has 0 unspecified atom stereocenters. The van der Waals surface area contributed by atoms with Crippen LogP contribution in [0.2, 0.25) is 0 Å². The first kappa shape index (κ1) is 27.3. The number of hydrogen-bond donors (Lipinski definition) is 0. The quantitative estimate of drug-likeness (QED) is 0.175. The molecule has 2 nitrogen and oxygen atoms in total. The molecule has 200 valence electrons. The summed E-state index contributed by atoms with van der Waals surface area (Å²) in [5.74, 6) is 5.33. The summed E-state index contributed by atoms with van der Waals surface area (Å²) in [5.41, 5.74) is 2.54. The Bertz CT molecular complexity index is 752. The molecule has 0 aromatic heterocycles. The first-order chi connectivity index (χ1) is 16.7. The Labute approximate surface area is 217 Å². The molecule has 3 fully saturated rings. The number of fused-ring (bicyclic) bond motifs is 5. The van der Waals surface area contributed by atoms with Crippen molar-refractivity contribution in [2.24, 2.45) is 46.3 Å². The van der Waals surface area contributed by atoms with Gasteiger partial charge in [0.25, 0.3) is 0 Å². The van der Waals surface area contributed by atoms with Crippen LogP contribution in [0.1, 0.15) is 138 Å². The van der Waals surface area contributed by atoms with Crippen molar-refractivity contribution in [3.63, 3.8) is 0 Å². The van der Waals surface area contributed by atoms with E-state index in [9.17, 15) is 4.79 Å². The maximum atomic E-state index is 12.4. The second kappa shape index (κ2) is 11.3. The maximum Gasteiger partial charge on any atom is 0.306 e. The number of allylic oxidation sites excluding steroid dienone is 1. The second-order valence-electron chi connectivity index (χ2n) is 14.1. The standard InChI is InChI=1S/C33H56O2/c1-7-8-9-13-31(34)35-26-18-20-32(5)25(22-26)14-15-27-29-17-16-28(24(4)12-10-11-23(2)3)33(29,6)21-19-30(27)32/h14,23-24,26-30H,7-13,15-22H2,1-6H3/t24-,26-,27-,28+,29-,30-,32-,33+/m0/s1. The highest BCUT2D eigenvalue weighted by Gasteiger charge is 2.59. The lowest BCUT2D eigenvalue weighted by Gasteiger charge is -2.58. The molecule has 3 saturated carbocycles. The van der Waals surface area contributed by atoms with E-state index in [1.807, 2.05) is 0 Å². The second-order valence-corrected chi connectivity index (χ2v) is 14.1. The zero-order valence-electron chi connectivity index (χ0n) is 24.0. The lowest BCUT2D eigenvalue weighted by atomic mass is 9.47. The van der Waals surface area contributed by atoms with Gasteiger partial charge in [-0.3, -0.25) is 4.79 Å².